The van der Waals surface area contributed by atoms with Crippen LogP contribution < -0.4 is 14.4 Å². The third kappa shape index (κ3) is 7.81. The number of aryl methyl sites for hydroxylation is 1. The van der Waals surface area contributed by atoms with Gasteiger partial charge in [-0.3, -0.25) is 9.78 Å². The van der Waals surface area contributed by atoms with Crippen molar-refractivity contribution in [3.8, 4) is 23.3 Å². The molecule has 242 valence electrons. The summed E-state index contributed by atoms with van der Waals surface area (Å²) in [5.41, 5.74) is 2.29. The van der Waals surface area contributed by atoms with Crippen LogP contribution in [0.5, 0.6) is 17.4 Å². The SMILES string of the molecule is CC(=O)N(CC(F)F)C(C)C.N#CB1CCc2nccc(OC3CC4(C3)CN(c3nc(Cl)nnc3Oc3ccc(F)cc3)C4)c2C1. The Balaban J connectivity index is 0.000000327. The Morgan fingerprint density at radius 3 is 2.54 bits per heavy atom. The average Bonchev–Trinajstić information content (AvgIpc) is 2.98. The van der Waals surface area contributed by atoms with Crippen LogP contribution in [0.3, 0.4) is 0 Å². The molecule has 0 radical (unpaired) electrons. The minimum atomic E-state index is -2.44. The first-order chi connectivity index (χ1) is 21.9. The Kier molecular flexibility index (Phi) is 10.2. The van der Waals surface area contributed by atoms with E-state index in [4.69, 9.17) is 21.1 Å². The molecule has 3 aliphatic rings. The number of nitrogens with zero attached hydrogens (tertiary/aromatic N) is 7. The number of benzene rings is 1. The summed E-state index contributed by atoms with van der Waals surface area (Å²) in [4.78, 5) is 22.8. The second kappa shape index (κ2) is 14.1. The minimum absolute atomic E-state index is 0.0293. The number of halogens is 4. The maximum Gasteiger partial charge on any atom is 0.282 e. The van der Waals surface area contributed by atoms with Gasteiger partial charge in [-0.1, -0.05) is 6.32 Å². The van der Waals surface area contributed by atoms with Gasteiger partial charge < -0.3 is 19.3 Å². The van der Waals surface area contributed by atoms with Gasteiger partial charge >= 0.3 is 0 Å². The van der Waals surface area contributed by atoms with Crippen molar-refractivity contribution in [1.82, 2.24) is 25.1 Å². The zero-order valence-electron chi connectivity index (χ0n) is 25.8. The summed E-state index contributed by atoms with van der Waals surface area (Å²) in [5.74, 6) is 3.81. The summed E-state index contributed by atoms with van der Waals surface area (Å²) < 4.78 is 49.0. The fourth-order valence-electron chi connectivity index (χ4n) is 6.20. The molecule has 2 aromatic heterocycles. The third-order valence-corrected chi connectivity index (χ3v) is 8.60. The van der Waals surface area contributed by atoms with Crippen molar-refractivity contribution in [3.05, 3.63) is 58.9 Å². The number of anilines is 1. The van der Waals surface area contributed by atoms with Crippen molar-refractivity contribution < 1.29 is 27.4 Å². The van der Waals surface area contributed by atoms with Gasteiger partial charge in [0.1, 0.15) is 23.4 Å². The van der Waals surface area contributed by atoms with E-state index in [1.165, 1.54) is 31.2 Å². The van der Waals surface area contributed by atoms with Crippen molar-refractivity contribution >= 4 is 30.0 Å². The quantitative estimate of drug-likeness (QED) is 0.286. The lowest BCUT2D eigenvalue weighted by atomic mass is 9.42. The van der Waals surface area contributed by atoms with Crippen molar-refractivity contribution in [3.63, 3.8) is 0 Å². The number of ether oxygens (including phenoxy) is 2. The highest BCUT2D eigenvalue weighted by Crippen LogP contribution is 2.52. The number of alkyl halides is 2. The molecule has 1 saturated heterocycles. The number of carbonyl (C=O) groups is 1. The molecule has 0 bridgehead atoms. The molecule has 3 aromatic rings. The van der Waals surface area contributed by atoms with Gasteiger partial charge in [0.25, 0.3) is 19.0 Å². The van der Waals surface area contributed by atoms with Crippen LogP contribution in [0.1, 0.15) is 44.9 Å². The van der Waals surface area contributed by atoms with E-state index in [-0.39, 0.29) is 47.2 Å². The van der Waals surface area contributed by atoms with Crippen LogP contribution in [0.4, 0.5) is 19.0 Å². The molecule has 10 nitrogen and oxygen atoms in total. The lowest BCUT2D eigenvalue weighted by molar-refractivity contribution is -0.132. The summed E-state index contributed by atoms with van der Waals surface area (Å²) in [7, 11) is 0. The van der Waals surface area contributed by atoms with Gasteiger partial charge in [-0.15, -0.1) is 10.2 Å². The molecule has 6 rings (SSSR count). The van der Waals surface area contributed by atoms with Crippen molar-refractivity contribution in [2.45, 2.75) is 71.2 Å². The highest BCUT2D eigenvalue weighted by Gasteiger charge is 2.54. The van der Waals surface area contributed by atoms with Gasteiger partial charge in [0.05, 0.1) is 6.54 Å². The van der Waals surface area contributed by atoms with Crippen LogP contribution >= 0.6 is 11.6 Å². The Hall–Kier alpha value is -4.12. The lowest BCUT2D eigenvalue weighted by Crippen LogP contribution is -2.65. The van der Waals surface area contributed by atoms with E-state index in [1.54, 1.807) is 20.0 Å². The Bertz CT molecular complexity index is 1580. The summed E-state index contributed by atoms with van der Waals surface area (Å²) in [6, 6.07) is 7.46. The largest absolute Gasteiger partial charge is 0.490 e. The van der Waals surface area contributed by atoms with Crippen LogP contribution in [0.2, 0.25) is 11.6 Å². The molecule has 1 spiro atoms. The smallest absolute Gasteiger partial charge is 0.282 e. The van der Waals surface area contributed by atoms with Crippen LogP contribution in [0, 0.1) is 22.5 Å². The summed E-state index contributed by atoms with van der Waals surface area (Å²) in [5, 5.41) is 17.2. The molecule has 1 amide bonds. The molecule has 1 saturated carbocycles. The highest BCUT2D eigenvalue weighted by atomic mass is 35.5. The molecule has 2 aliphatic heterocycles. The molecule has 0 atom stereocenters. The van der Waals surface area contributed by atoms with E-state index >= 15 is 0 Å². The molecule has 0 N–H and O–H groups in total. The Morgan fingerprint density at radius 1 is 1.22 bits per heavy atom. The molecule has 1 aromatic carbocycles. The molecular formula is C31H34BClF3N7O3. The molecule has 15 heteroatoms. The fourth-order valence-corrected chi connectivity index (χ4v) is 6.31. The zero-order chi connectivity index (χ0) is 33.0. The highest BCUT2D eigenvalue weighted by molar-refractivity contribution is 6.66. The molecule has 2 fully saturated rings. The second-order valence-electron chi connectivity index (χ2n) is 12.2. The third-order valence-electron chi connectivity index (χ3n) is 8.44. The summed E-state index contributed by atoms with van der Waals surface area (Å²) in [6.45, 7) is 5.85. The first-order valence-corrected chi connectivity index (χ1v) is 15.5. The summed E-state index contributed by atoms with van der Waals surface area (Å²) in [6.07, 6.45) is 3.75. The predicted molar refractivity (Wildman–Crippen MR) is 166 cm³/mol. The number of aromatic nitrogens is 4. The van der Waals surface area contributed by atoms with Gasteiger partial charge in [-0.2, -0.15) is 4.98 Å². The molecule has 1 aliphatic carbocycles. The minimum Gasteiger partial charge on any atom is -0.490 e. The Labute approximate surface area is 271 Å². The maximum atomic E-state index is 13.2. The van der Waals surface area contributed by atoms with Gasteiger partial charge in [-0.25, -0.2) is 18.4 Å². The standard InChI is InChI=1S/C24H21BClFN6O2.C7H13F2NO/c26-23-30-21(22(31-32-23)35-16-3-1-15(27)2-4-16)33-12-24(13-33)9-17(10-24)34-20-6-8-29-19-5-7-25(14-28)11-18(19)20;1-5(2)10(6(3)11)4-7(8)9/h1-4,6,8,17H,5,7,9-13H2;5,7H,4H2,1-3H3. The van der Waals surface area contributed by atoms with E-state index in [2.05, 4.69) is 31.0 Å². The maximum absolute atomic E-state index is 13.2. The van der Waals surface area contributed by atoms with Crippen molar-refractivity contribution in [2.24, 2.45) is 5.41 Å². The normalized spacial score (nSPS) is 16.5. The number of amides is 1. The molecular weight excluding hydrogens is 622 g/mol. The Morgan fingerprint density at radius 2 is 1.93 bits per heavy atom. The number of pyridine rings is 1. The van der Waals surface area contributed by atoms with E-state index < -0.39 is 13.0 Å². The van der Waals surface area contributed by atoms with E-state index in [0.29, 0.717) is 17.9 Å². The molecule has 46 heavy (non-hydrogen) atoms. The van der Waals surface area contributed by atoms with Crippen molar-refractivity contribution in [2.75, 3.05) is 24.5 Å². The van der Waals surface area contributed by atoms with Gasteiger partial charge in [0.2, 0.25) is 11.2 Å². The summed E-state index contributed by atoms with van der Waals surface area (Å²) >= 11 is 6.02. The number of rotatable bonds is 8. The number of carbonyl (C=O) groups excluding carboxylic acids is 1. The zero-order valence-corrected chi connectivity index (χ0v) is 26.6. The first-order valence-electron chi connectivity index (χ1n) is 15.1. The molecule has 4 heterocycles. The average molecular weight is 656 g/mol. The van der Waals surface area contributed by atoms with Crippen LogP contribution in [0.15, 0.2) is 36.5 Å². The first kappa shape index (κ1) is 33.3. The van der Waals surface area contributed by atoms with Gasteiger partial charge in [0.15, 0.2) is 5.82 Å². The molecule has 0 unspecified atom stereocenters. The lowest BCUT2D eigenvalue weighted by Gasteiger charge is -2.58. The van der Waals surface area contributed by atoms with E-state index in [9.17, 15) is 23.2 Å². The van der Waals surface area contributed by atoms with Crippen molar-refractivity contribution in [1.29, 1.82) is 5.26 Å². The number of fused-ring (bicyclic) bond motifs is 1. The van der Waals surface area contributed by atoms with Gasteiger partial charge in [-0.05, 0) is 81.4 Å². The predicted octanol–water partition coefficient (Wildman–Crippen LogP) is 5.60. The van der Waals surface area contributed by atoms with Crippen LogP contribution in [-0.2, 0) is 17.5 Å². The monoisotopic (exact) mass is 655 g/mol. The second-order valence-corrected chi connectivity index (χ2v) is 12.6. The number of hydrogen-bond acceptors (Lipinski definition) is 9. The van der Waals surface area contributed by atoms with Gasteiger partial charge in [0, 0.05) is 54.9 Å². The van der Waals surface area contributed by atoms with E-state index in [0.717, 1.165) is 60.6 Å². The topological polar surface area (TPSA) is 117 Å². The number of hydrogen-bond donors (Lipinski definition) is 0. The van der Waals surface area contributed by atoms with Crippen LogP contribution in [-0.4, -0.2) is 75.9 Å². The van der Waals surface area contributed by atoms with Crippen LogP contribution in [0.25, 0.3) is 0 Å². The number of nitriles is 1. The fraction of sp³-hybridized carbons (Fsp3) is 0.484. The van der Waals surface area contributed by atoms with E-state index in [1.807, 2.05) is 6.07 Å².